The molecular formula is C12H22N4. The Morgan fingerprint density at radius 1 is 1.19 bits per heavy atom. The zero-order valence-electron chi connectivity index (χ0n) is 10.5. The summed E-state index contributed by atoms with van der Waals surface area (Å²) in [6.45, 7) is 10.6. The predicted molar refractivity (Wildman–Crippen MR) is 67.7 cm³/mol. The molecule has 0 saturated heterocycles. The minimum atomic E-state index is 0.898. The van der Waals surface area contributed by atoms with Crippen molar-refractivity contribution in [3.05, 3.63) is 18.1 Å². The fraction of sp³-hybridized carbons (Fsp3) is 0.667. The second-order valence-corrected chi connectivity index (χ2v) is 3.85. The topological polar surface area (TPSA) is 41.0 Å². The van der Waals surface area contributed by atoms with Gasteiger partial charge in [-0.2, -0.15) is 0 Å². The van der Waals surface area contributed by atoms with Crippen molar-refractivity contribution in [3.63, 3.8) is 0 Å². The summed E-state index contributed by atoms with van der Waals surface area (Å²) >= 11 is 0. The van der Waals surface area contributed by atoms with E-state index in [4.69, 9.17) is 0 Å². The number of aryl methyl sites for hydroxylation is 1. The molecule has 90 valence electrons. The average molecular weight is 222 g/mol. The molecule has 0 aliphatic carbocycles. The number of rotatable bonds is 7. The van der Waals surface area contributed by atoms with Crippen molar-refractivity contribution in [1.29, 1.82) is 0 Å². The SMILES string of the molecule is CCCN(CC)CCNc1nccnc1C. The highest BCUT2D eigenvalue weighted by Gasteiger charge is 2.02. The third kappa shape index (κ3) is 4.14. The van der Waals surface area contributed by atoms with Crippen molar-refractivity contribution in [2.75, 3.05) is 31.5 Å². The number of nitrogens with one attached hydrogen (secondary N) is 1. The summed E-state index contributed by atoms with van der Waals surface area (Å²) in [6.07, 6.45) is 4.65. The first-order valence-corrected chi connectivity index (χ1v) is 6.01. The van der Waals surface area contributed by atoms with Crippen molar-refractivity contribution < 1.29 is 0 Å². The number of anilines is 1. The van der Waals surface area contributed by atoms with Crippen LogP contribution in [0, 0.1) is 6.92 Å². The van der Waals surface area contributed by atoms with Crippen LogP contribution >= 0.6 is 0 Å². The van der Waals surface area contributed by atoms with E-state index in [1.54, 1.807) is 12.4 Å². The summed E-state index contributed by atoms with van der Waals surface area (Å²) in [6, 6.07) is 0. The van der Waals surface area contributed by atoms with E-state index in [2.05, 4.69) is 34.0 Å². The van der Waals surface area contributed by atoms with E-state index < -0.39 is 0 Å². The number of hydrogen-bond donors (Lipinski definition) is 1. The summed E-state index contributed by atoms with van der Waals surface area (Å²) in [5.74, 6) is 0.898. The summed E-state index contributed by atoms with van der Waals surface area (Å²) in [5, 5.41) is 3.32. The second-order valence-electron chi connectivity index (χ2n) is 3.85. The van der Waals surface area contributed by atoms with Crippen molar-refractivity contribution in [2.24, 2.45) is 0 Å². The first-order valence-electron chi connectivity index (χ1n) is 6.01. The predicted octanol–water partition coefficient (Wildman–Crippen LogP) is 1.93. The third-order valence-electron chi connectivity index (χ3n) is 2.59. The smallest absolute Gasteiger partial charge is 0.147 e. The van der Waals surface area contributed by atoms with E-state index in [1.807, 2.05) is 6.92 Å². The van der Waals surface area contributed by atoms with Gasteiger partial charge in [0.1, 0.15) is 5.82 Å². The van der Waals surface area contributed by atoms with Crippen LogP contribution in [0.3, 0.4) is 0 Å². The van der Waals surface area contributed by atoms with Crippen LogP contribution in [0.5, 0.6) is 0 Å². The molecule has 0 radical (unpaired) electrons. The fourth-order valence-electron chi connectivity index (χ4n) is 1.66. The molecule has 0 atom stereocenters. The Kier molecular flexibility index (Phi) is 5.78. The molecule has 1 N–H and O–H groups in total. The van der Waals surface area contributed by atoms with Gasteiger partial charge in [-0.25, -0.2) is 4.98 Å². The molecule has 4 heteroatoms. The Morgan fingerprint density at radius 3 is 2.56 bits per heavy atom. The van der Waals surface area contributed by atoms with Crippen LogP contribution in [-0.4, -0.2) is 41.0 Å². The lowest BCUT2D eigenvalue weighted by Gasteiger charge is -2.19. The van der Waals surface area contributed by atoms with E-state index in [0.29, 0.717) is 0 Å². The van der Waals surface area contributed by atoms with Crippen LogP contribution in [-0.2, 0) is 0 Å². The molecule has 0 unspecified atom stereocenters. The minimum Gasteiger partial charge on any atom is -0.367 e. The molecule has 0 fully saturated rings. The van der Waals surface area contributed by atoms with Crippen LogP contribution < -0.4 is 5.32 Å². The highest BCUT2D eigenvalue weighted by Crippen LogP contribution is 2.05. The second kappa shape index (κ2) is 7.17. The maximum absolute atomic E-state index is 4.25. The molecule has 0 aliphatic rings. The van der Waals surface area contributed by atoms with Crippen LogP contribution in [0.15, 0.2) is 12.4 Å². The van der Waals surface area contributed by atoms with Gasteiger partial charge >= 0.3 is 0 Å². The lowest BCUT2D eigenvalue weighted by molar-refractivity contribution is 0.300. The van der Waals surface area contributed by atoms with Crippen molar-refractivity contribution in [1.82, 2.24) is 14.9 Å². The highest BCUT2D eigenvalue weighted by atomic mass is 15.1. The van der Waals surface area contributed by atoms with Crippen LogP contribution in [0.2, 0.25) is 0 Å². The van der Waals surface area contributed by atoms with Crippen molar-refractivity contribution >= 4 is 5.82 Å². The van der Waals surface area contributed by atoms with Gasteiger partial charge in [-0.1, -0.05) is 13.8 Å². The monoisotopic (exact) mass is 222 g/mol. The lowest BCUT2D eigenvalue weighted by Crippen LogP contribution is -2.29. The van der Waals surface area contributed by atoms with Gasteiger partial charge in [0, 0.05) is 25.5 Å². The minimum absolute atomic E-state index is 0.898. The van der Waals surface area contributed by atoms with Gasteiger partial charge in [-0.3, -0.25) is 4.98 Å². The van der Waals surface area contributed by atoms with Gasteiger partial charge in [-0.15, -0.1) is 0 Å². The first kappa shape index (κ1) is 12.9. The summed E-state index contributed by atoms with van der Waals surface area (Å²) < 4.78 is 0. The standard InChI is InChI=1S/C12H22N4/c1-4-9-16(5-2)10-8-15-12-11(3)13-6-7-14-12/h6-7H,4-5,8-10H2,1-3H3,(H,14,15). The molecule has 1 aromatic heterocycles. The molecule has 0 aromatic carbocycles. The molecular weight excluding hydrogens is 200 g/mol. The average Bonchev–Trinajstić information content (AvgIpc) is 2.30. The van der Waals surface area contributed by atoms with Crippen LogP contribution in [0.4, 0.5) is 5.82 Å². The number of nitrogens with zero attached hydrogens (tertiary/aromatic N) is 3. The molecule has 1 rings (SSSR count). The van der Waals surface area contributed by atoms with Gasteiger partial charge in [0.25, 0.3) is 0 Å². The molecule has 1 heterocycles. The maximum atomic E-state index is 4.25. The molecule has 0 spiro atoms. The van der Waals surface area contributed by atoms with Crippen molar-refractivity contribution in [3.8, 4) is 0 Å². The summed E-state index contributed by atoms with van der Waals surface area (Å²) in [7, 11) is 0. The lowest BCUT2D eigenvalue weighted by atomic mass is 10.4. The zero-order chi connectivity index (χ0) is 11.8. The number of aromatic nitrogens is 2. The van der Waals surface area contributed by atoms with Crippen molar-refractivity contribution in [2.45, 2.75) is 27.2 Å². The Labute approximate surface area is 98.1 Å². The largest absolute Gasteiger partial charge is 0.367 e. The normalized spacial score (nSPS) is 10.8. The van der Waals surface area contributed by atoms with E-state index in [-0.39, 0.29) is 0 Å². The van der Waals surface area contributed by atoms with E-state index >= 15 is 0 Å². The van der Waals surface area contributed by atoms with Gasteiger partial charge in [0.2, 0.25) is 0 Å². The van der Waals surface area contributed by atoms with E-state index in [9.17, 15) is 0 Å². The molecule has 16 heavy (non-hydrogen) atoms. The van der Waals surface area contributed by atoms with Gasteiger partial charge < -0.3 is 10.2 Å². The molecule has 0 bridgehead atoms. The third-order valence-corrected chi connectivity index (χ3v) is 2.59. The Hall–Kier alpha value is -1.16. The quantitative estimate of drug-likeness (QED) is 0.765. The van der Waals surface area contributed by atoms with E-state index in [0.717, 1.165) is 37.7 Å². The molecule has 1 aromatic rings. The molecule has 0 aliphatic heterocycles. The first-order chi connectivity index (χ1) is 7.77. The maximum Gasteiger partial charge on any atom is 0.147 e. The highest BCUT2D eigenvalue weighted by molar-refractivity contribution is 5.38. The Morgan fingerprint density at radius 2 is 1.94 bits per heavy atom. The molecule has 0 saturated carbocycles. The Bertz CT molecular complexity index is 301. The van der Waals surface area contributed by atoms with Gasteiger partial charge in [-0.05, 0) is 26.4 Å². The van der Waals surface area contributed by atoms with Gasteiger partial charge in [0.05, 0.1) is 5.69 Å². The van der Waals surface area contributed by atoms with Crippen LogP contribution in [0.25, 0.3) is 0 Å². The summed E-state index contributed by atoms with van der Waals surface area (Å²) in [5.41, 5.74) is 0.959. The summed E-state index contributed by atoms with van der Waals surface area (Å²) in [4.78, 5) is 10.9. The van der Waals surface area contributed by atoms with E-state index in [1.165, 1.54) is 6.42 Å². The Balaban J connectivity index is 2.32. The molecule has 0 amide bonds. The zero-order valence-corrected chi connectivity index (χ0v) is 10.5. The molecule has 4 nitrogen and oxygen atoms in total. The van der Waals surface area contributed by atoms with Crippen LogP contribution in [0.1, 0.15) is 26.0 Å². The number of hydrogen-bond acceptors (Lipinski definition) is 4. The van der Waals surface area contributed by atoms with Gasteiger partial charge in [0.15, 0.2) is 0 Å². The fourth-order valence-corrected chi connectivity index (χ4v) is 1.66. The number of likely N-dealkylation sites (N-methyl/N-ethyl adjacent to an activating group) is 1.